The van der Waals surface area contributed by atoms with Gasteiger partial charge in [0.05, 0.1) is 28.2 Å². The van der Waals surface area contributed by atoms with Crippen molar-refractivity contribution in [2.45, 2.75) is 40.0 Å². The number of amides is 1. The van der Waals surface area contributed by atoms with Gasteiger partial charge in [0.25, 0.3) is 11.5 Å². The van der Waals surface area contributed by atoms with Crippen molar-refractivity contribution < 1.29 is 14.3 Å². The van der Waals surface area contributed by atoms with Gasteiger partial charge in [-0.2, -0.15) is 9.78 Å². The molecule has 0 aliphatic carbocycles. The Morgan fingerprint density at radius 2 is 1.90 bits per heavy atom. The molecule has 1 N–H and O–H groups in total. The zero-order valence-corrected chi connectivity index (χ0v) is 25.7. The Kier molecular flexibility index (Phi) is 10.1. The zero-order chi connectivity index (χ0) is 28.6. The lowest BCUT2D eigenvalue weighted by Gasteiger charge is -2.15. The molecular weight excluding hydrogens is 640 g/mol. The first kappa shape index (κ1) is 29.5. The molecule has 1 heterocycles. The van der Waals surface area contributed by atoms with E-state index in [1.807, 2.05) is 50.2 Å². The predicted octanol–water partition coefficient (Wildman–Crippen LogP) is 6.87. The Morgan fingerprint density at radius 3 is 2.65 bits per heavy atom. The first-order valence-electron chi connectivity index (χ1n) is 13.0. The molecule has 0 fully saturated rings. The highest BCUT2D eigenvalue weighted by Crippen LogP contribution is 2.36. The Labute approximate surface area is 249 Å². The highest BCUT2D eigenvalue weighted by atomic mass is 79.9. The Balaban J connectivity index is 1.61. The number of aryl methyl sites for hydroxylation is 2. The number of benzene rings is 3. The van der Waals surface area contributed by atoms with Crippen LogP contribution in [0.4, 0.5) is 5.69 Å². The molecule has 4 aromatic rings. The van der Waals surface area contributed by atoms with E-state index in [9.17, 15) is 9.59 Å². The summed E-state index contributed by atoms with van der Waals surface area (Å²) >= 11 is 6.98. The number of unbranched alkanes of at least 4 members (excludes halogenated alkanes) is 1. The van der Waals surface area contributed by atoms with Crippen LogP contribution in [0.3, 0.4) is 0 Å². The highest BCUT2D eigenvalue weighted by molar-refractivity contribution is 9.10. The number of halogens is 2. The van der Waals surface area contributed by atoms with Crippen LogP contribution < -0.4 is 20.3 Å². The number of fused-ring (bicyclic) bond motifs is 1. The van der Waals surface area contributed by atoms with Crippen LogP contribution in [0.1, 0.15) is 43.6 Å². The van der Waals surface area contributed by atoms with Gasteiger partial charge in [-0.1, -0.05) is 47.5 Å². The second-order valence-corrected chi connectivity index (χ2v) is 10.8. The molecule has 1 amide bonds. The molecule has 40 heavy (non-hydrogen) atoms. The van der Waals surface area contributed by atoms with E-state index >= 15 is 0 Å². The summed E-state index contributed by atoms with van der Waals surface area (Å²) in [6.45, 7) is 6.07. The quantitative estimate of drug-likeness (QED) is 0.176. The Morgan fingerprint density at radius 1 is 1.10 bits per heavy atom. The van der Waals surface area contributed by atoms with Crippen molar-refractivity contribution in [2.24, 2.45) is 5.10 Å². The summed E-state index contributed by atoms with van der Waals surface area (Å²) in [5, 5.41) is 7.87. The number of nitrogens with zero attached hydrogens (tertiary/aromatic N) is 3. The zero-order valence-electron chi connectivity index (χ0n) is 22.5. The molecule has 3 aromatic carbocycles. The lowest BCUT2D eigenvalue weighted by molar-refractivity contribution is -0.118. The van der Waals surface area contributed by atoms with E-state index in [2.05, 4.69) is 49.2 Å². The maximum absolute atomic E-state index is 13.4. The summed E-state index contributed by atoms with van der Waals surface area (Å²) in [6.07, 6.45) is 4.06. The molecule has 10 heteroatoms. The van der Waals surface area contributed by atoms with Gasteiger partial charge in [-0.15, -0.1) is 0 Å². The topological polar surface area (TPSA) is 94.8 Å². The number of carbonyl (C=O) groups is 1. The monoisotopic (exact) mass is 668 g/mol. The number of nitrogens with one attached hydrogen (secondary N) is 1. The normalized spacial score (nSPS) is 11.2. The third kappa shape index (κ3) is 7.17. The summed E-state index contributed by atoms with van der Waals surface area (Å²) in [5.41, 5.74) is 2.77. The van der Waals surface area contributed by atoms with Gasteiger partial charge >= 0.3 is 0 Å². The molecule has 4 rings (SSSR count). The number of hydrogen-bond acceptors (Lipinski definition) is 6. The van der Waals surface area contributed by atoms with E-state index in [1.165, 1.54) is 4.68 Å². The Bertz CT molecular complexity index is 1620. The molecule has 0 radical (unpaired) electrons. The van der Waals surface area contributed by atoms with Crippen molar-refractivity contribution in [1.29, 1.82) is 0 Å². The molecular formula is C30H30Br2N4O4. The van der Waals surface area contributed by atoms with E-state index in [4.69, 9.17) is 14.5 Å². The van der Waals surface area contributed by atoms with Crippen molar-refractivity contribution in [3.63, 3.8) is 0 Å². The largest absolute Gasteiger partial charge is 0.490 e. The number of hydrogen-bond donors (Lipinski definition) is 1. The van der Waals surface area contributed by atoms with Gasteiger partial charge in [0.1, 0.15) is 5.82 Å². The number of para-hydroxylation sites is 1. The van der Waals surface area contributed by atoms with Gasteiger partial charge in [-0.05, 0) is 83.7 Å². The molecule has 0 unspecified atom stereocenters. The van der Waals surface area contributed by atoms with Crippen LogP contribution in [0.25, 0.3) is 10.9 Å². The lowest BCUT2D eigenvalue weighted by atomic mass is 10.2. The van der Waals surface area contributed by atoms with Crippen molar-refractivity contribution >= 4 is 60.6 Å². The number of ether oxygens (including phenoxy) is 2. The van der Waals surface area contributed by atoms with Crippen LogP contribution >= 0.6 is 31.9 Å². The van der Waals surface area contributed by atoms with Crippen LogP contribution in [0, 0.1) is 6.92 Å². The SMILES string of the molecule is CCCCc1nc2ccc(Br)cc2c(=O)n1N=Cc1cc(Br)c(OCC(=O)Nc2ccccc2C)c(OCC)c1. The number of carbonyl (C=O) groups excluding carboxylic acids is 1. The van der Waals surface area contributed by atoms with E-state index in [0.29, 0.717) is 51.3 Å². The van der Waals surface area contributed by atoms with Crippen LogP contribution in [0.5, 0.6) is 11.5 Å². The molecule has 208 valence electrons. The van der Waals surface area contributed by atoms with Gasteiger partial charge < -0.3 is 14.8 Å². The number of anilines is 1. The Hall–Kier alpha value is -3.50. The van der Waals surface area contributed by atoms with Crippen molar-refractivity contribution in [1.82, 2.24) is 9.66 Å². The summed E-state index contributed by atoms with van der Waals surface area (Å²) in [4.78, 5) is 30.6. The number of aromatic nitrogens is 2. The first-order valence-corrected chi connectivity index (χ1v) is 14.6. The number of rotatable bonds is 11. The molecule has 0 aliphatic heterocycles. The summed E-state index contributed by atoms with van der Waals surface area (Å²) < 4.78 is 14.4. The maximum atomic E-state index is 13.4. The molecule has 0 saturated heterocycles. The van der Waals surface area contributed by atoms with Gasteiger partial charge in [0, 0.05) is 16.6 Å². The minimum Gasteiger partial charge on any atom is -0.490 e. The van der Waals surface area contributed by atoms with Crippen LogP contribution in [0.15, 0.2) is 73.4 Å². The average molecular weight is 670 g/mol. The molecule has 0 bridgehead atoms. The van der Waals surface area contributed by atoms with Gasteiger partial charge in [0.15, 0.2) is 18.1 Å². The maximum Gasteiger partial charge on any atom is 0.282 e. The second-order valence-electron chi connectivity index (χ2n) is 9.07. The van der Waals surface area contributed by atoms with Crippen LogP contribution in [0.2, 0.25) is 0 Å². The van der Waals surface area contributed by atoms with E-state index < -0.39 is 0 Å². The van der Waals surface area contributed by atoms with Gasteiger partial charge in [-0.25, -0.2) is 4.98 Å². The average Bonchev–Trinajstić information content (AvgIpc) is 2.93. The van der Waals surface area contributed by atoms with Crippen molar-refractivity contribution in [3.8, 4) is 11.5 Å². The fourth-order valence-corrected chi connectivity index (χ4v) is 4.97. The third-order valence-electron chi connectivity index (χ3n) is 6.05. The van der Waals surface area contributed by atoms with Crippen molar-refractivity contribution in [3.05, 3.63) is 90.8 Å². The van der Waals surface area contributed by atoms with E-state index in [1.54, 1.807) is 24.4 Å². The fourth-order valence-electron chi connectivity index (χ4n) is 4.04. The summed E-state index contributed by atoms with van der Waals surface area (Å²) in [5.74, 6) is 1.16. The summed E-state index contributed by atoms with van der Waals surface area (Å²) in [6, 6.07) is 16.5. The fraction of sp³-hybridized carbons (Fsp3) is 0.267. The molecule has 0 saturated carbocycles. The third-order valence-corrected chi connectivity index (χ3v) is 7.13. The summed E-state index contributed by atoms with van der Waals surface area (Å²) in [7, 11) is 0. The second kappa shape index (κ2) is 13.7. The standard InChI is InChI=1S/C30H30Br2N4O4/c1-4-6-11-27-34-25-13-12-21(31)16-22(25)30(38)36(27)33-17-20-14-23(32)29(26(15-20)39-5-2)40-18-28(37)35-24-10-8-7-9-19(24)3/h7-10,12-17H,4-6,11,18H2,1-3H3,(H,35,37). The van der Waals surface area contributed by atoms with E-state index in [0.717, 1.165) is 28.6 Å². The van der Waals surface area contributed by atoms with E-state index in [-0.39, 0.29) is 18.1 Å². The van der Waals surface area contributed by atoms with Gasteiger partial charge in [0.2, 0.25) is 0 Å². The van der Waals surface area contributed by atoms with Gasteiger partial charge in [-0.3, -0.25) is 9.59 Å². The minimum absolute atomic E-state index is 0.199. The highest BCUT2D eigenvalue weighted by Gasteiger charge is 2.15. The molecule has 0 spiro atoms. The lowest BCUT2D eigenvalue weighted by Crippen LogP contribution is -2.22. The molecule has 0 atom stereocenters. The van der Waals surface area contributed by atoms with Crippen molar-refractivity contribution in [2.75, 3.05) is 18.5 Å². The smallest absolute Gasteiger partial charge is 0.282 e. The molecule has 1 aromatic heterocycles. The predicted molar refractivity (Wildman–Crippen MR) is 166 cm³/mol. The van der Waals surface area contributed by atoms with Crippen LogP contribution in [-0.4, -0.2) is 35.0 Å². The van der Waals surface area contributed by atoms with Crippen LogP contribution in [-0.2, 0) is 11.2 Å². The molecule has 0 aliphatic rings. The first-order chi connectivity index (χ1) is 19.3. The molecule has 8 nitrogen and oxygen atoms in total. The minimum atomic E-state index is -0.288.